The lowest BCUT2D eigenvalue weighted by Crippen LogP contribution is -2.27. The lowest BCUT2D eigenvalue weighted by molar-refractivity contribution is 0.261. The van der Waals surface area contributed by atoms with E-state index < -0.39 is 7.32 Å². The van der Waals surface area contributed by atoms with E-state index in [1.165, 1.54) is 58.2 Å². The van der Waals surface area contributed by atoms with Crippen LogP contribution in [0, 0.1) is 0 Å². The van der Waals surface area contributed by atoms with E-state index in [9.17, 15) is 0 Å². The highest BCUT2D eigenvalue weighted by atomic mass is 16.6. The molecule has 0 aromatic heterocycles. The third kappa shape index (κ3) is 14.3. The van der Waals surface area contributed by atoms with Gasteiger partial charge in [0, 0.05) is 0 Å². The van der Waals surface area contributed by atoms with E-state index in [2.05, 4.69) is 30.3 Å². The molecule has 0 saturated heterocycles. The maximum absolute atomic E-state index is 8.34. The van der Waals surface area contributed by atoms with Crippen LogP contribution in [-0.2, 0) is 0 Å². The van der Waals surface area contributed by atoms with Gasteiger partial charge in [0.15, 0.2) is 0 Å². The van der Waals surface area contributed by atoms with Gasteiger partial charge >= 0.3 is 7.32 Å². The molecule has 132 valence electrons. The van der Waals surface area contributed by atoms with Crippen LogP contribution < -0.4 is 4.65 Å². The maximum Gasteiger partial charge on any atom is 0.707 e. The van der Waals surface area contributed by atoms with Crippen LogP contribution in [0.1, 0.15) is 59.3 Å². The molecule has 2 N–H and O–H groups in total. The van der Waals surface area contributed by atoms with E-state index in [0.717, 1.165) is 0 Å². The van der Waals surface area contributed by atoms with Crippen LogP contribution in [0.5, 0.6) is 5.75 Å². The van der Waals surface area contributed by atoms with Gasteiger partial charge in [0.2, 0.25) is 0 Å². The van der Waals surface area contributed by atoms with Crippen molar-refractivity contribution in [3.63, 3.8) is 0 Å². The normalized spacial score (nSPS) is 10.2. The second-order valence-electron chi connectivity index (χ2n) is 5.66. The summed E-state index contributed by atoms with van der Waals surface area (Å²) in [6.07, 6.45) is 8.09. The minimum atomic E-state index is -1.73. The van der Waals surface area contributed by atoms with Gasteiger partial charge in [-0.15, -0.1) is 0 Å². The fourth-order valence-corrected chi connectivity index (χ4v) is 2.10. The summed E-state index contributed by atoms with van der Waals surface area (Å²) in [5, 5.41) is 16.7. The summed E-state index contributed by atoms with van der Waals surface area (Å²) in [7, 11) is -1.73. The Balaban J connectivity index is 0.000000433. The zero-order chi connectivity index (χ0) is 17.3. The Hall–Kier alpha value is -1.04. The van der Waals surface area contributed by atoms with Crippen LogP contribution in [0.15, 0.2) is 30.3 Å². The molecule has 0 atom stereocenters. The topological polar surface area (TPSA) is 52.9 Å². The molecular formula is C18H34BNO3. The molecule has 0 radical (unpaired) electrons. The summed E-state index contributed by atoms with van der Waals surface area (Å²) in [4.78, 5) is 2.64. The summed E-state index contributed by atoms with van der Waals surface area (Å²) >= 11 is 0. The summed E-state index contributed by atoms with van der Waals surface area (Å²) in [5.74, 6) is 0.442. The fourth-order valence-electron chi connectivity index (χ4n) is 2.10. The monoisotopic (exact) mass is 323 g/mol. The number of rotatable bonds is 11. The van der Waals surface area contributed by atoms with Crippen LogP contribution in [0.4, 0.5) is 0 Å². The molecule has 0 aliphatic heterocycles. The lowest BCUT2D eigenvalue weighted by atomic mass is 10.2. The molecule has 1 rings (SSSR count). The van der Waals surface area contributed by atoms with E-state index in [1.807, 2.05) is 6.07 Å². The first-order valence-corrected chi connectivity index (χ1v) is 8.94. The summed E-state index contributed by atoms with van der Waals surface area (Å²) in [5.41, 5.74) is 0. The molecule has 1 aromatic carbocycles. The van der Waals surface area contributed by atoms with Crippen LogP contribution in [0.3, 0.4) is 0 Å². The van der Waals surface area contributed by atoms with Gasteiger partial charge in [-0.05, 0) is 51.0 Å². The van der Waals surface area contributed by atoms with E-state index in [1.54, 1.807) is 24.3 Å². The molecule has 0 spiro atoms. The third-order valence-corrected chi connectivity index (χ3v) is 3.47. The number of benzene rings is 1. The van der Waals surface area contributed by atoms with Gasteiger partial charge in [0.05, 0.1) is 0 Å². The Bertz CT molecular complexity index is 330. The predicted octanol–water partition coefficient (Wildman–Crippen LogP) is 3.72. The lowest BCUT2D eigenvalue weighted by Gasteiger charge is -2.21. The predicted molar refractivity (Wildman–Crippen MR) is 98.4 cm³/mol. The molecule has 1 aromatic rings. The van der Waals surface area contributed by atoms with E-state index in [0.29, 0.717) is 5.75 Å². The van der Waals surface area contributed by atoms with Gasteiger partial charge in [-0.25, -0.2) is 0 Å². The fraction of sp³-hybridized carbons (Fsp3) is 0.667. The molecule has 5 heteroatoms. The molecule has 0 unspecified atom stereocenters. The second kappa shape index (κ2) is 15.8. The molecule has 0 bridgehead atoms. The number of nitrogens with zero attached hydrogens (tertiary/aromatic N) is 1. The Morgan fingerprint density at radius 3 is 1.61 bits per heavy atom. The smallest absolute Gasteiger partial charge is 0.512 e. The maximum atomic E-state index is 8.34. The van der Waals surface area contributed by atoms with Crippen molar-refractivity contribution in [3.05, 3.63) is 30.3 Å². The minimum Gasteiger partial charge on any atom is -0.512 e. The average molecular weight is 323 g/mol. The summed E-state index contributed by atoms with van der Waals surface area (Å²) < 4.78 is 4.53. The first kappa shape index (κ1) is 22.0. The van der Waals surface area contributed by atoms with Gasteiger partial charge in [0.1, 0.15) is 5.75 Å². The highest BCUT2D eigenvalue weighted by Crippen LogP contribution is 2.07. The molecule has 4 nitrogen and oxygen atoms in total. The van der Waals surface area contributed by atoms with Gasteiger partial charge in [-0.1, -0.05) is 58.2 Å². The van der Waals surface area contributed by atoms with Crippen molar-refractivity contribution in [2.75, 3.05) is 19.6 Å². The van der Waals surface area contributed by atoms with Crippen molar-refractivity contribution in [2.45, 2.75) is 59.3 Å². The molecule has 23 heavy (non-hydrogen) atoms. The van der Waals surface area contributed by atoms with Crippen molar-refractivity contribution < 1.29 is 14.7 Å². The highest BCUT2D eigenvalue weighted by molar-refractivity contribution is 6.33. The highest BCUT2D eigenvalue weighted by Gasteiger charge is 2.09. The SMILES string of the molecule is CCCCN(CCCC)CCCC.OB(O)Oc1ccccc1. The molecular weight excluding hydrogens is 289 g/mol. The molecule has 0 saturated carbocycles. The summed E-state index contributed by atoms with van der Waals surface area (Å²) in [6, 6.07) is 8.59. The second-order valence-corrected chi connectivity index (χ2v) is 5.66. The Morgan fingerprint density at radius 2 is 1.26 bits per heavy atom. The average Bonchev–Trinajstić information content (AvgIpc) is 2.55. The van der Waals surface area contributed by atoms with Crippen molar-refractivity contribution in [3.8, 4) is 5.75 Å². The van der Waals surface area contributed by atoms with E-state index in [-0.39, 0.29) is 0 Å². The number of unbranched alkanes of at least 4 members (excludes halogenated alkanes) is 3. The standard InChI is InChI=1S/C12H27N.C6H7BO3/c1-4-7-10-13(11-8-5-2)12-9-6-3;8-7(9)10-6-4-2-1-3-5-6/h4-12H2,1-3H3;1-5,8-9H. The number of hydrogen-bond donors (Lipinski definition) is 2. The Labute approximate surface area is 142 Å². The number of hydrogen-bond acceptors (Lipinski definition) is 4. The summed E-state index contributed by atoms with van der Waals surface area (Å²) in [6.45, 7) is 10.8. The van der Waals surface area contributed by atoms with Crippen LogP contribution in [0.25, 0.3) is 0 Å². The van der Waals surface area contributed by atoms with Gasteiger partial charge in [0.25, 0.3) is 0 Å². The molecule has 0 aliphatic rings. The molecule has 0 aliphatic carbocycles. The van der Waals surface area contributed by atoms with Crippen LogP contribution in [-0.4, -0.2) is 41.9 Å². The van der Waals surface area contributed by atoms with Crippen molar-refractivity contribution in [2.24, 2.45) is 0 Å². The van der Waals surface area contributed by atoms with Gasteiger partial charge in [-0.2, -0.15) is 0 Å². The molecule has 0 heterocycles. The third-order valence-electron chi connectivity index (χ3n) is 3.47. The van der Waals surface area contributed by atoms with Gasteiger partial charge in [-0.3, -0.25) is 0 Å². The Kier molecular flexibility index (Phi) is 15.1. The van der Waals surface area contributed by atoms with Crippen molar-refractivity contribution >= 4 is 7.32 Å². The zero-order valence-electron chi connectivity index (χ0n) is 15.1. The van der Waals surface area contributed by atoms with Crippen LogP contribution in [0.2, 0.25) is 0 Å². The van der Waals surface area contributed by atoms with Crippen molar-refractivity contribution in [1.82, 2.24) is 4.90 Å². The van der Waals surface area contributed by atoms with E-state index in [4.69, 9.17) is 10.0 Å². The number of para-hydroxylation sites is 1. The van der Waals surface area contributed by atoms with Crippen molar-refractivity contribution in [1.29, 1.82) is 0 Å². The van der Waals surface area contributed by atoms with Crippen LogP contribution >= 0.6 is 0 Å². The minimum absolute atomic E-state index is 0.442. The van der Waals surface area contributed by atoms with Gasteiger partial charge < -0.3 is 19.6 Å². The Morgan fingerprint density at radius 1 is 0.826 bits per heavy atom. The largest absolute Gasteiger partial charge is 0.707 e. The molecule has 0 amide bonds. The zero-order valence-corrected chi connectivity index (χ0v) is 15.1. The quantitative estimate of drug-likeness (QED) is 0.609. The van der Waals surface area contributed by atoms with E-state index >= 15 is 0 Å². The first-order chi connectivity index (χ1) is 11.1. The molecule has 0 fully saturated rings. The first-order valence-electron chi connectivity index (χ1n) is 8.94.